The molecule has 2 rings (SSSR count). The molecule has 12 heavy (non-hydrogen) atoms. The summed E-state index contributed by atoms with van der Waals surface area (Å²) >= 11 is 2.20. The Morgan fingerprint density at radius 3 is 3.00 bits per heavy atom. The highest BCUT2D eigenvalue weighted by atomic mass is 127. The Labute approximate surface area is 83.5 Å². The van der Waals surface area contributed by atoms with E-state index in [2.05, 4.69) is 32.8 Å². The molecular formula is C8H8IN3. The maximum Gasteiger partial charge on any atom is 0.106 e. The van der Waals surface area contributed by atoms with E-state index in [1.165, 1.54) is 0 Å². The van der Waals surface area contributed by atoms with Gasteiger partial charge in [0.25, 0.3) is 0 Å². The Morgan fingerprint density at radius 1 is 1.50 bits per heavy atom. The monoisotopic (exact) mass is 273 g/mol. The van der Waals surface area contributed by atoms with Crippen LogP contribution in [0.25, 0.3) is 10.9 Å². The number of H-pyrrole nitrogens is 1. The Bertz CT molecular complexity index is 433. The minimum atomic E-state index is 0.825. The summed E-state index contributed by atoms with van der Waals surface area (Å²) in [4.78, 5) is 0. The average molecular weight is 273 g/mol. The van der Waals surface area contributed by atoms with Crippen LogP contribution in [0.4, 0.5) is 5.69 Å². The molecule has 4 heteroatoms. The zero-order valence-corrected chi connectivity index (χ0v) is 8.71. The fraction of sp³-hybridized carbons (Fsp3) is 0.125. The van der Waals surface area contributed by atoms with Gasteiger partial charge >= 0.3 is 0 Å². The standard InChI is InChI=1S/C8H8IN3/c1-4-2-3-5-6(7(4)10)8(9)12-11-5/h2-3H,10H2,1H3,(H,11,12). The van der Waals surface area contributed by atoms with Crippen molar-refractivity contribution in [3.05, 3.63) is 21.4 Å². The minimum Gasteiger partial charge on any atom is -0.398 e. The summed E-state index contributed by atoms with van der Waals surface area (Å²) in [6, 6.07) is 3.95. The molecule has 1 heterocycles. The second kappa shape index (κ2) is 2.62. The van der Waals surface area contributed by atoms with Crippen molar-refractivity contribution >= 4 is 39.2 Å². The Kier molecular flexibility index (Phi) is 1.71. The summed E-state index contributed by atoms with van der Waals surface area (Å²) in [6.07, 6.45) is 0. The summed E-state index contributed by atoms with van der Waals surface area (Å²) in [5, 5.41) is 8.05. The summed E-state index contributed by atoms with van der Waals surface area (Å²) in [7, 11) is 0. The summed E-state index contributed by atoms with van der Waals surface area (Å²) in [5.41, 5.74) is 8.76. The first-order valence-corrected chi connectivity index (χ1v) is 4.66. The fourth-order valence-corrected chi connectivity index (χ4v) is 1.89. The molecule has 0 aliphatic carbocycles. The van der Waals surface area contributed by atoms with E-state index in [1.54, 1.807) is 0 Å². The molecule has 0 unspecified atom stereocenters. The number of fused-ring (bicyclic) bond motifs is 1. The smallest absolute Gasteiger partial charge is 0.106 e. The van der Waals surface area contributed by atoms with Crippen LogP contribution in [0, 0.1) is 10.6 Å². The predicted octanol–water partition coefficient (Wildman–Crippen LogP) is 2.06. The number of nitrogens with two attached hydrogens (primary N) is 1. The number of hydrogen-bond acceptors (Lipinski definition) is 2. The van der Waals surface area contributed by atoms with Crippen LogP contribution in [0.3, 0.4) is 0 Å². The highest BCUT2D eigenvalue weighted by molar-refractivity contribution is 14.1. The molecule has 0 radical (unpaired) electrons. The van der Waals surface area contributed by atoms with Gasteiger partial charge in [-0.1, -0.05) is 6.07 Å². The molecule has 1 aromatic carbocycles. The first kappa shape index (κ1) is 7.85. The van der Waals surface area contributed by atoms with Gasteiger partial charge in [-0.15, -0.1) is 0 Å². The van der Waals surface area contributed by atoms with Crippen molar-refractivity contribution < 1.29 is 0 Å². The molecular weight excluding hydrogens is 265 g/mol. The van der Waals surface area contributed by atoms with Crippen LogP contribution in [0.1, 0.15) is 5.56 Å². The van der Waals surface area contributed by atoms with E-state index < -0.39 is 0 Å². The van der Waals surface area contributed by atoms with Crippen LogP contribution in [0.5, 0.6) is 0 Å². The van der Waals surface area contributed by atoms with Gasteiger partial charge in [-0.05, 0) is 41.1 Å². The quantitative estimate of drug-likeness (QED) is 0.570. The molecule has 0 bridgehead atoms. The molecule has 3 N–H and O–H groups in total. The SMILES string of the molecule is Cc1ccc2n[nH]c(I)c2c1N. The molecule has 1 aromatic heterocycles. The van der Waals surface area contributed by atoms with Crippen LogP contribution < -0.4 is 5.73 Å². The van der Waals surface area contributed by atoms with E-state index in [0.717, 1.165) is 25.9 Å². The molecule has 0 saturated heterocycles. The first-order chi connectivity index (χ1) is 5.70. The normalized spacial score (nSPS) is 10.8. The van der Waals surface area contributed by atoms with Gasteiger partial charge in [0.2, 0.25) is 0 Å². The maximum absolute atomic E-state index is 5.90. The third-order valence-corrected chi connectivity index (χ3v) is 2.72. The van der Waals surface area contributed by atoms with E-state index >= 15 is 0 Å². The van der Waals surface area contributed by atoms with Gasteiger partial charge < -0.3 is 5.73 Å². The van der Waals surface area contributed by atoms with Crippen molar-refractivity contribution in [1.29, 1.82) is 0 Å². The van der Waals surface area contributed by atoms with Gasteiger partial charge in [0.1, 0.15) is 3.70 Å². The van der Waals surface area contributed by atoms with Crippen molar-refractivity contribution in [3.8, 4) is 0 Å². The third kappa shape index (κ3) is 0.979. The van der Waals surface area contributed by atoms with Crippen molar-refractivity contribution in [1.82, 2.24) is 10.2 Å². The second-order valence-corrected chi connectivity index (χ2v) is 3.81. The van der Waals surface area contributed by atoms with Crippen LogP contribution in [0.2, 0.25) is 0 Å². The molecule has 0 saturated carbocycles. The van der Waals surface area contributed by atoms with Crippen LogP contribution >= 0.6 is 22.6 Å². The maximum atomic E-state index is 5.90. The van der Waals surface area contributed by atoms with E-state index in [9.17, 15) is 0 Å². The van der Waals surface area contributed by atoms with Gasteiger partial charge in [-0.3, -0.25) is 5.10 Å². The number of aryl methyl sites for hydroxylation is 1. The van der Waals surface area contributed by atoms with Crippen LogP contribution in [-0.2, 0) is 0 Å². The van der Waals surface area contributed by atoms with Gasteiger partial charge in [0.05, 0.1) is 10.9 Å². The van der Waals surface area contributed by atoms with Crippen LogP contribution in [0.15, 0.2) is 12.1 Å². The van der Waals surface area contributed by atoms with Gasteiger partial charge in [-0.25, -0.2) is 0 Å². The molecule has 62 valence electrons. The number of aromatic amines is 1. The average Bonchev–Trinajstić information content (AvgIpc) is 2.41. The fourth-order valence-electron chi connectivity index (χ4n) is 1.20. The van der Waals surface area contributed by atoms with E-state index in [0.29, 0.717) is 0 Å². The first-order valence-electron chi connectivity index (χ1n) is 3.59. The molecule has 2 aromatic rings. The topological polar surface area (TPSA) is 54.7 Å². The lowest BCUT2D eigenvalue weighted by atomic mass is 10.1. The number of halogens is 1. The summed E-state index contributed by atoms with van der Waals surface area (Å²) < 4.78 is 1.00. The minimum absolute atomic E-state index is 0.825. The van der Waals surface area contributed by atoms with Crippen molar-refractivity contribution in [2.45, 2.75) is 6.92 Å². The van der Waals surface area contributed by atoms with Crippen molar-refractivity contribution in [2.75, 3.05) is 5.73 Å². The molecule has 0 spiro atoms. The van der Waals surface area contributed by atoms with E-state index in [1.807, 2.05) is 19.1 Å². The van der Waals surface area contributed by atoms with Crippen LogP contribution in [-0.4, -0.2) is 10.2 Å². The number of nitrogens with one attached hydrogen (secondary N) is 1. The number of rotatable bonds is 0. The van der Waals surface area contributed by atoms with E-state index in [4.69, 9.17) is 5.73 Å². The highest BCUT2D eigenvalue weighted by Crippen LogP contribution is 2.26. The zero-order valence-electron chi connectivity index (χ0n) is 6.56. The predicted molar refractivity (Wildman–Crippen MR) is 58.0 cm³/mol. The number of aromatic nitrogens is 2. The molecule has 3 nitrogen and oxygen atoms in total. The number of benzene rings is 1. The lowest BCUT2D eigenvalue weighted by Crippen LogP contribution is -1.90. The lowest BCUT2D eigenvalue weighted by molar-refractivity contribution is 1.09. The molecule has 0 aliphatic rings. The highest BCUT2D eigenvalue weighted by Gasteiger charge is 2.06. The number of nitrogen functional groups attached to an aromatic ring is 1. The summed E-state index contributed by atoms with van der Waals surface area (Å²) in [6.45, 7) is 2.00. The van der Waals surface area contributed by atoms with Gasteiger partial charge in [-0.2, -0.15) is 5.10 Å². The molecule has 0 atom stereocenters. The van der Waals surface area contributed by atoms with Gasteiger partial charge in [0.15, 0.2) is 0 Å². The number of hydrogen-bond donors (Lipinski definition) is 2. The number of anilines is 1. The Hall–Kier alpha value is -0.780. The summed E-state index contributed by atoms with van der Waals surface area (Å²) in [5.74, 6) is 0. The third-order valence-electron chi connectivity index (χ3n) is 1.94. The second-order valence-electron chi connectivity index (χ2n) is 2.73. The molecule has 0 aliphatic heterocycles. The van der Waals surface area contributed by atoms with Crippen molar-refractivity contribution in [2.24, 2.45) is 0 Å². The largest absolute Gasteiger partial charge is 0.398 e. The molecule has 0 amide bonds. The Balaban J connectivity index is 2.96. The number of nitrogens with zero attached hydrogens (tertiary/aromatic N) is 1. The van der Waals surface area contributed by atoms with Crippen molar-refractivity contribution in [3.63, 3.8) is 0 Å². The van der Waals surface area contributed by atoms with E-state index in [-0.39, 0.29) is 0 Å². The lowest BCUT2D eigenvalue weighted by Gasteiger charge is -1.99. The zero-order chi connectivity index (χ0) is 8.72. The molecule has 0 fully saturated rings. The van der Waals surface area contributed by atoms with Gasteiger partial charge in [0, 0.05) is 5.69 Å². The Morgan fingerprint density at radius 2 is 2.25 bits per heavy atom.